The van der Waals surface area contributed by atoms with Gasteiger partial charge in [0.2, 0.25) is 5.91 Å². The molecule has 1 aromatic carbocycles. The van der Waals surface area contributed by atoms with Crippen LogP contribution in [0.15, 0.2) is 24.3 Å². The van der Waals surface area contributed by atoms with Gasteiger partial charge in [-0.2, -0.15) is 0 Å². The van der Waals surface area contributed by atoms with E-state index in [1.165, 1.54) is 11.1 Å². The number of carbonyl (C=O) groups is 1. The van der Waals surface area contributed by atoms with Crippen molar-refractivity contribution in [3.8, 4) is 0 Å². The molecule has 1 aromatic rings. The van der Waals surface area contributed by atoms with Gasteiger partial charge in [-0.15, -0.1) is 0 Å². The van der Waals surface area contributed by atoms with Gasteiger partial charge in [-0.1, -0.05) is 31.2 Å². The predicted molar refractivity (Wildman–Crippen MR) is 78.3 cm³/mol. The lowest BCUT2D eigenvalue weighted by Crippen LogP contribution is -2.52. The summed E-state index contributed by atoms with van der Waals surface area (Å²) in [5.74, 6) is 0.570. The number of rotatable bonds is 3. The second-order valence-electron chi connectivity index (χ2n) is 5.60. The molecule has 2 rings (SSSR count). The Hall–Kier alpha value is -1.35. The molecule has 1 aliphatic heterocycles. The van der Waals surface area contributed by atoms with Crippen LogP contribution >= 0.6 is 0 Å². The highest BCUT2D eigenvalue weighted by Crippen LogP contribution is 2.23. The smallest absolute Gasteiger partial charge is 0.223 e. The zero-order chi connectivity index (χ0) is 13.8. The first kappa shape index (κ1) is 14.1. The van der Waals surface area contributed by atoms with Gasteiger partial charge in [0.15, 0.2) is 0 Å². The summed E-state index contributed by atoms with van der Waals surface area (Å²) >= 11 is 0. The summed E-state index contributed by atoms with van der Waals surface area (Å²) in [5.41, 5.74) is 2.56. The highest BCUT2D eigenvalue weighted by molar-refractivity contribution is 5.77. The molecule has 0 aromatic heterocycles. The normalized spacial score (nSPS) is 21.2. The van der Waals surface area contributed by atoms with E-state index in [1.807, 2.05) is 11.0 Å². The van der Waals surface area contributed by atoms with Crippen LogP contribution in [0.3, 0.4) is 0 Å². The van der Waals surface area contributed by atoms with Gasteiger partial charge < -0.3 is 10.2 Å². The Kier molecular flexibility index (Phi) is 4.59. The van der Waals surface area contributed by atoms with Gasteiger partial charge in [-0.25, -0.2) is 0 Å². The van der Waals surface area contributed by atoms with Crippen LogP contribution < -0.4 is 5.32 Å². The summed E-state index contributed by atoms with van der Waals surface area (Å²) in [5, 5.41) is 3.32. The van der Waals surface area contributed by atoms with Gasteiger partial charge in [-0.05, 0) is 30.9 Å². The third-order valence-electron chi connectivity index (χ3n) is 4.02. The number of aryl methyl sites for hydroxylation is 1. The summed E-state index contributed by atoms with van der Waals surface area (Å²) < 4.78 is 0. The quantitative estimate of drug-likeness (QED) is 0.904. The zero-order valence-corrected chi connectivity index (χ0v) is 12.1. The maximum absolute atomic E-state index is 12.4. The monoisotopic (exact) mass is 260 g/mol. The Morgan fingerprint density at radius 1 is 1.47 bits per heavy atom. The molecule has 2 atom stereocenters. The number of carbonyl (C=O) groups excluding carboxylic acids is 1. The van der Waals surface area contributed by atoms with E-state index in [9.17, 15) is 4.79 Å². The lowest BCUT2D eigenvalue weighted by Gasteiger charge is -2.34. The third-order valence-corrected chi connectivity index (χ3v) is 4.02. The van der Waals surface area contributed by atoms with Crippen LogP contribution in [0.5, 0.6) is 0 Å². The molecule has 104 valence electrons. The zero-order valence-electron chi connectivity index (χ0n) is 12.1. The van der Waals surface area contributed by atoms with Crippen LogP contribution in [0.4, 0.5) is 0 Å². The van der Waals surface area contributed by atoms with Crippen molar-refractivity contribution in [2.45, 2.75) is 39.2 Å². The summed E-state index contributed by atoms with van der Waals surface area (Å²) in [6.07, 6.45) is 0.606. The molecular formula is C16H24N2O. The molecule has 1 amide bonds. The lowest BCUT2D eigenvalue weighted by atomic mass is 9.93. The minimum Gasteiger partial charge on any atom is -0.337 e. The summed E-state index contributed by atoms with van der Waals surface area (Å²) in [4.78, 5) is 14.4. The van der Waals surface area contributed by atoms with Crippen LogP contribution in [-0.4, -0.2) is 36.5 Å². The topological polar surface area (TPSA) is 32.3 Å². The van der Waals surface area contributed by atoms with Crippen LogP contribution in [0.2, 0.25) is 0 Å². The van der Waals surface area contributed by atoms with Crippen molar-refractivity contribution in [3.05, 3.63) is 35.4 Å². The Morgan fingerprint density at radius 3 is 2.89 bits per heavy atom. The molecule has 3 nitrogen and oxygen atoms in total. The van der Waals surface area contributed by atoms with Crippen molar-refractivity contribution in [2.75, 3.05) is 19.6 Å². The fraction of sp³-hybridized carbons (Fsp3) is 0.562. The van der Waals surface area contributed by atoms with Crippen molar-refractivity contribution in [3.63, 3.8) is 0 Å². The highest BCUT2D eigenvalue weighted by atomic mass is 16.2. The standard InChI is InChI=1S/C16H24N2O/c1-12-6-4-5-7-15(12)13(2)10-16(19)18-9-8-17-11-14(18)3/h4-7,13-14,17H,8-11H2,1-3H3/t13?,14-/m0/s1. The number of piperazine rings is 1. The molecule has 0 bridgehead atoms. The van der Waals surface area contributed by atoms with E-state index in [4.69, 9.17) is 0 Å². The van der Waals surface area contributed by atoms with Gasteiger partial charge in [0, 0.05) is 32.1 Å². The summed E-state index contributed by atoms with van der Waals surface area (Å²) in [6.45, 7) is 9.03. The first-order valence-electron chi connectivity index (χ1n) is 7.15. The van der Waals surface area contributed by atoms with E-state index in [-0.39, 0.29) is 11.8 Å². The molecule has 1 fully saturated rings. The Balaban J connectivity index is 2.00. The van der Waals surface area contributed by atoms with Gasteiger partial charge in [-0.3, -0.25) is 4.79 Å². The van der Waals surface area contributed by atoms with E-state index in [1.54, 1.807) is 0 Å². The number of nitrogens with one attached hydrogen (secondary N) is 1. The molecule has 19 heavy (non-hydrogen) atoms. The largest absolute Gasteiger partial charge is 0.337 e. The lowest BCUT2D eigenvalue weighted by molar-refractivity contribution is -0.134. The molecule has 1 saturated heterocycles. The first-order chi connectivity index (χ1) is 9.09. The Bertz CT molecular complexity index is 444. The van der Waals surface area contributed by atoms with E-state index in [2.05, 4.69) is 44.3 Å². The van der Waals surface area contributed by atoms with Crippen molar-refractivity contribution < 1.29 is 4.79 Å². The van der Waals surface area contributed by atoms with Crippen LogP contribution in [0.25, 0.3) is 0 Å². The average molecular weight is 260 g/mol. The minimum absolute atomic E-state index is 0.282. The van der Waals surface area contributed by atoms with Crippen molar-refractivity contribution in [1.82, 2.24) is 10.2 Å². The second-order valence-corrected chi connectivity index (χ2v) is 5.60. The van der Waals surface area contributed by atoms with Crippen LogP contribution in [0, 0.1) is 6.92 Å². The third kappa shape index (κ3) is 3.35. The SMILES string of the molecule is Cc1ccccc1C(C)CC(=O)N1CCNC[C@@H]1C. The van der Waals surface area contributed by atoms with E-state index >= 15 is 0 Å². The van der Waals surface area contributed by atoms with Crippen molar-refractivity contribution >= 4 is 5.91 Å². The predicted octanol–water partition coefficient (Wildman–Crippen LogP) is 2.31. The average Bonchev–Trinajstić information content (AvgIpc) is 2.39. The highest BCUT2D eigenvalue weighted by Gasteiger charge is 2.24. The molecule has 1 aliphatic rings. The molecule has 0 saturated carbocycles. The van der Waals surface area contributed by atoms with Crippen LogP contribution in [-0.2, 0) is 4.79 Å². The molecular weight excluding hydrogens is 236 g/mol. The molecule has 0 radical (unpaired) electrons. The minimum atomic E-state index is 0.282. The summed E-state index contributed by atoms with van der Waals surface area (Å²) in [7, 11) is 0. The molecule has 0 spiro atoms. The fourth-order valence-corrected chi connectivity index (χ4v) is 2.84. The first-order valence-corrected chi connectivity index (χ1v) is 7.15. The summed E-state index contributed by atoms with van der Waals surface area (Å²) in [6, 6.07) is 8.66. The van der Waals surface area contributed by atoms with E-state index in [0.29, 0.717) is 12.5 Å². The van der Waals surface area contributed by atoms with E-state index < -0.39 is 0 Å². The number of hydrogen-bond donors (Lipinski definition) is 1. The van der Waals surface area contributed by atoms with Crippen molar-refractivity contribution in [2.24, 2.45) is 0 Å². The second kappa shape index (κ2) is 6.20. The van der Waals surface area contributed by atoms with E-state index in [0.717, 1.165) is 19.6 Å². The number of amides is 1. The number of nitrogens with zero attached hydrogens (tertiary/aromatic N) is 1. The van der Waals surface area contributed by atoms with Crippen LogP contribution in [0.1, 0.15) is 37.3 Å². The molecule has 1 heterocycles. The van der Waals surface area contributed by atoms with Gasteiger partial charge in [0.05, 0.1) is 0 Å². The fourth-order valence-electron chi connectivity index (χ4n) is 2.84. The number of hydrogen-bond acceptors (Lipinski definition) is 2. The Labute approximate surface area is 116 Å². The molecule has 1 unspecified atom stereocenters. The number of benzene rings is 1. The molecule has 3 heteroatoms. The van der Waals surface area contributed by atoms with Gasteiger partial charge >= 0.3 is 0 Å². The molecule has 0 aliphatic carbocycles. The Morgan fingerprint density at radius 2 is 2.21 bits per heavy atom. The van der Waals surface area contributed by atoms with Gasteiger partial charge in [0.1, 0.15) is 0 Å². The van der Waals surface area contributed by atoms with Gasteiger partial charge in [0.25, 0.3) is 0 Å². The maximum Gasteiger partial charge on any atom is 0.223 e. The maximum atomic E-state index is 12.4. The molecule has 1 N–H and O–H groups in total. The van der Waals surface area contributed by atoms with Crippen molar-refractivity contribution in [1.29, 1.82) is 0 Å².